The molecule has 2 aromatic rings. The maximum atomic E-state index is 12.9. The summed E-state index contributed by atoms with van der Waals surface area (Å²) in [5.41, 5.74) is 4.36. The summed E-state index contributed by atoms with van der Waals surface area (Å²) in [7, 11) is 0. The molecule has 7 nitrogen and oxygen atoms in total. The van der Waals surface area contributed by atoms with E-state index in [0.717, 1.165) is 22.3 Å². The number of hydrogen-bond acceptors (Lipinski definition) is 4. The third-order valence-electron chi connectivity index (χ3n) is 6.44. The molecule has 1 aliphatic carbocycles. The second-order valence-electron chi connectivity index (χ2n) is 8.96. The number of urea groups is 1. The molecular weight excluding hydrogens is 454 g/mol. The van der Waals surface area contributed by atoms with Gasteiger partial charge in [0.2, 0.25) is 0 Å². The molecule has 1 heterocycles. The number of benzene rings is 2. The number of ketones is 2. The molecule has 0 radical (unpaired) electrons. The van der Waals surface area contributed by atoms with Crippen LogP contribution in [0.2, 0.25) is 5.02 Å². The molecule has 0 bridgehead atoms. The number of amides is 3. The van der Waals surface area contributed by atoms with Crippen molar-refractivity contribution in [3.05, 3.63) is 69.2 Å². The Morgan fingerprint density at radius 2 is 1.88 bits per heavy atom. The molecule has 1 saturated carbocycles. The molecule has 0 saturated heterocycles. The van der Waals surface area contributed by atoms with E-state index < -0.39 is 6.04 Å². The van der Waals surface area contributed by atoms with Crippen molar-refractivity contribution in [1.82, 2.24) is 15.5 Å². The van der Waals surface area contributed by atoms with Crippen molar-refractivity contribution >= 4 is 35.1 Å². The second kappa shape index (κ2) is 10.4. The van der Waals surface area contributed by atoms with Crippen LogP contribution in [0.3, 0.4) is 0 Å². The van der Waals surface area contributed by atoms with Crippen molar-refractivity contribution in [2.75, 3.05) is 6.54 Å². The first-order valence-electron chi connectivity index (χ1n) is 11.6. The smallest absolute Gasteiger partial charge is 0.315 e. The average Bonchev–Trinajstić information content (AvgIpc) is 3.02. The molecule has 1 atom stereocenters. The van der Waals surface area contributed by atoms with E-state index in [0.29, 0.717) is 55.9 Å². The van der Waals surface area contributed by atoms with E-state index in [4.69, 9.17) is 11.6 Å². The van der Waals surface area contributed by atoms with E-state index in [1.54, 1.807) is 11.0 Å². The van der Waals surface area contributed by atoms with E-state index >= 15 is 0 Å². The summed E-state index contributed by atoms with van der Waals surface area (Å²) < 4.78 is 0. The van der Waals surface area contributed by atoms with Gasteiger partial charge in [-0.25, -0.2) is 4.79 Å². The number of nitrogens with one attached hydrogen (secondary N) is 2. The van der Waals surface area contributed by atoms with E-state index in [1.807, 2.05) is 37.3 Å². The molecule has 2 aromatic carbocycles. The number of rotatable bonds is 6. The van der Waals surface area contributed by atoms with E-state index in [9.17, 15) is 19.2 Å². The maximum Gasteiger partial charge on any atom is 0.315 e. The fourth-order valence-corrected chi connectivity index (χ4v) is 4.70. The molecule has 8 heteroatoms. The standard InChI is InChI=1S/C26H28ClN3O4/c1-16-5-6-17(12-22(16)27)9-10-28-26(34)29-14-18-7-8-21-19(11-18)15-30(25(21)33)23-4-2-3-20(31)13-24(23)32/h5-8,11-12,23H,2-4,9-10,13-15H2,1H3,(H2,28,29,34). The number of Topliss-reactive ketones (excluding diaryl/α,β-unsaturated/α-hetero) is 2. The summed E-state index contributed by atoms with van der Waals surface area (Å²) in [5.74, 6) is -0.391. The van der Waals surface area contributed by atoms with Crippen molar-refractivity contribution in [2.45, 2.75) is 58.2 Å². The van der Waals surface area contributed by atoms with Crippen LogP contribution in [0, 0.1) is 6.92 Å². The van der Waals surface area contributed by atoms with Crippen LogP contribution < -0.4 is 10.6 Å². The van der Waals surface area contributed by atoms with Crippen molar-refractivity contribution in [1.29, 1.82) is 0 Å². The van der Waals surface area contributed by atoms with Gasteiger partial charge in [0.25, 0.3) is 5.91 Å². The fourth-order valence-electron chi connectivity index (χ4n) is 4.50. The zero-order valence-corrected chi connectivity index (χ0v) is 19.9. The normalized spacial score (nSPS) is 18.0. The Bertz CT molecular complexity index is 1150. The summed E-state index contributed by atoms with van der Waals surface area (Å²) >= 11 is 6.14. The Hall–Kier alpha value is -3.19. The molecule has 2 aliphatic rings. The SMILES string of the molecule is Cc1ccc(CCNC(=O)NCc2ccc3c(c2)CN(C2CCCC(=O)CC2=O)C3=O)cc1Cl. The van der Waals surface area contributed by atoms with Crippen LogP contribution in [0.15, 0.2) is 36.4 Å². The van der Waals surface area contributed by atoms with Gasteiger partial charge in [-0.2, -0.15) is 0 Å². The van der Waals surface area contributed by atoms with Gasteiger partial charge < -0.3 is 15.5 Å². The summed E-state index contributed by atoms with van der Waals surface area (Å²) in [6, 6.07) is 10.5. The van der Waals surface area contributed by atoms with Crippen molar-refractivity contribution in [2.24, 2.45) is 0 Å². The molecule has 2 N–H and O–H groups in total. The van der Waals surface area contributed by atoms with Gasteiger partial charge in [-0.1, -0.05) is 35.9 Å². The summed E-state index contributed by atoms with van der Waals surface area (Å²) in [6.45, 7) is 3.10. The molecule has 0 spiro atoms. The minimum Gasteiger partial charge on any atom is -0.338 e. The number of fused-ring (bicyclic) bond motifs is 1. The maximum absolute atomic E-state index is 12.9. The summed E-state index contributed by atoms with van der Waals surface area (Å²) in [6.07, 6.45) is 2.12. The van der Waals surface area contributed by atoms with Crippen LogP contribution in [-0.4, -0.2) is 41.0 Å². The molecule has 1 aliphatic heterocycles. The first-order chi connectivity index (χ1) is 16.3. The largest absolute Gasteiger partial charge is 0.338 e. The Morgan fingerprint density at radius 1 is 1.09 bits per heavy atom. The zero-order chi connectivity index (χ0) is 24.2. The fraction of sp³-hybridized carbons (Fsp3) is 0.385. The lowest BCUT2D eigenvalue weighted by Crippen LogP contribution is -2.41. The van der Waals surface area contributed by atoms with E-state index in [-0.39, 0.29) is 29.9 Å². The number of hydrogen-bond donors (Lipinski definition) is 2. The molecular formula is C26H28ClN3O4. The molecule has 1 fully saturated rings. The van der Waals surface area contributed by atoms with Crippen LogP contribution >= 0.6 is 11.6 Å². The third-order valence-corrected chi connectivity index (χ3v) is 6.85. The van der Waals surface area contributed by atoms with Crippen molar-refractivity contribution in [3.63, 3.8) is 0 Å². The highest BCUT2D eigenvalue weighted by molar-refractivity contribution is 6.31. The topological polar surface area (TPSA) is 95.6 Å². The van der Waals surface area contributed by atoms with Gasteiger partial charge in [-0.3, -0.25) is 14.4 Å². The van der Waals surface area contributed by atoms with Gasteiger partial charge in [-0.15, -0.1) is 0 Å². The molecule has 178 valence electrons. The first-order valence-corrected chi connectivity index (χ1v) is 11.9. The lowest BCUT2D eigenvalue weighted by molar-refractivity contribution is -0.128. The Labute approximate surface area is 203 Å². The molecule has 34 heavy (non-hydrogen) atoms. The van der Waals surface area contributed by atoms with Gasteiger partial charge in [-0.05, 0) is 60.6 Å². The average molecular weight is 482 g/mol. The number of halogens is 1. The number of carbonyl (C=O) groups is 4. The predicted octanol–water partition coefficient (Wildman–Crippen LogP) is 3.73. The Morgan fingerprint density at radius 3 is 2.68 bits per heavy atom. The highest BCUT2D eigenvalue weighted by Crippen LogP contribution is 2.29. The van der Waals surface area contributed by atoms with Gasteiger partial charge in [0.15, 0.2) is 5.78 Å². The minimum atomic E-state index is -0.540. The van der Waals surface area contributed by atoms with Crippen molar-refractivity contribution in [3.8, 4) is 0 Å². The molecule has 0 aromatic heterocycles. The third kappa shape index (κ3) is 5.47. The number of nitrogens with zero attached hydrogens (tertiary/aromatic N) is 1. The summed E-state index contributed by atoms with van der Waals surface area (Å²) in [5, 5.41) is 6.39. The van der Waals surface area contributed by atoms with Crippen LogP contribution in [0.25, 0.3) is 0 Å². The second-order valence-corrected chi connectivity index (χ2v) is 9.36. The lowest BCUT2D eigenvalue weighted by atomic mass is 10.1. The molecule has 4 rings (SSSR count). The number of carbonyl (C=O) groups excluding carboxylic acids is 4. The Kier molecular flexibility index (Phi) is 7.32. The van der Waals surface area contributed by atoms with Gasteiger partial charge in [0, 0.05) is 36.6 Å². The monoisotopic (exact) mass is 481 g/mol. The highest BCUT2D eigenvalue weighted by Gasteiger charge is 2.37. The molecule has 3 amide bonds. The first kappa shape index (κ1) is 24.0. The number of aryl methyl sites for hydroxylation is 1. The van der Waals surface area contributed by atoms with E-state index in [2.05, 4.69) is 10.6 Å². The quantitative estimate of drug-likeness (QED) is 0.485. The lowest BCUT2D eigenvalue weighted by Gasteiger charge is -2.25. The summed E-state index contributed by atoms with van der Waals surface area (Å²) in [4.78, 5) is 50.9. The van der Waals surface area contributed by atoms with Gasteiger partial charge in [0.05, 0.1) is 12.5 Å². The highest BCUT2D eigenvalue weighted by atomic mass is 35.5. The van der Waals surface area contributed by atoms with Crippen LogP contribution in [0.4, 0.5) is 4.79 Å². The molecule has 1 unspecified atom stereocenters. The zero-order valence-electron chi connectivity index (χ0n) is 19.2. The Balaban J connectivity index is 1.29. The van der Waals surface area contributed by atoms with Crippen LogP contribution in [-0.2, 0) is 29.1 Å². The van der Waals surface area contributed by atoms with E-state index in [1.165, 1.54) is 0 Å². The van der Waals surface area contributed by atoms with Gasteiger partial charge >= 0.3 is 6.03 Å². The van der Waals surface area contributed by atoms with Crippen LogP contribution in [0.5, 0.6) is 0 Å². The minimum absolute atomic E-state index is 0.0500. The van der Waals surface area contributed by atoms with Gasteiger partial charge in [0.1, 0.15) is 5.78 Å². The predicted molar refractivity (Wildman–Crippen MR) is 129 cm³/mol. The van der Waals surface area contributed by atoms with Crippen molar-refractivity contribution < 1.29 is 19.2 Å². The van der Waals surface area contributed by atoms with Crippen LogP contribution in [0.1, 0.15) is 58.3 Å².